The number of nitrogens with zero attached hydrogens (tertiary/aromatic N) is 3. The van der Waals surface area contributed by atoms with Crippen LogP contribution in [0.2, 0.25) is 0 Å². The lowest BCUT2D eigenvalue weighted by Gasteiger charge is -2.35. The molecule has 9 heteroatoms. The smallest absolute Gasteiger partial charge is 0.242 e. The maximum atomic E-state index is 12.2. The molecule has 0 spiro atoms. The van der Waals surface area contributed by atoms with E-state index in [9.17, 15) is 8.42 Å². The predicted molar refractivity (Wildman–Crippen MR) is 139 cm³/mol. The Morgan fingerprint density at radius 2 is 1.88 bits per heavy atom. The summed E-state index contributed by atoms with van der Waals surface area (Å²) in [6, 6.07) is 15.2. The number of morpholine rings is 1. The molecule has 7 nitrogen and oxygen atoms in total. The first-order chi connectivity index (χ1) is 14.8. The molecule has 0 amide bonds. The molecule has 1 aliphatic heterocycles. The van der Waals surface area contributed by atoms with Gasteiger partial charge in [0.15, 0.2) is 5.96 Å². The molecule has 3 rings (SSSR count). The second-order valence-corrected chi connectivity index (χ2v) is 9.92. The van der Waals surface area contributed by atoms with E-state index in [2.05, 4.69) is 36.2 Å². The molecular formula is C23H33IN4O3S. The number of guanidine groups is 1. The highest BCUT2D eigenvalue weighted by Gasteiger charge is 2.25. The number of hydrogen-bond acceptors (Lipinski definition) is 4. The molecule has 1 fully saturated rings. The molecule has 1 N–H and O–H groups in total. The van der Waals surface area contributed by atoms with E-state index in [0.29, 0.717) is 13.2 Å². The maximum absolute atomic E-state index is 12.2. The molecule has 1 atom stereocenters. The first-order valence-corrected chi connectivity index (χ1v) is 12.0. The number of aryl methyl sites for hydroxylation is 1. The van der Waals surface area contributed by atoms with Crippen molar-refractivity contribution in [2.75, 3.05) is 40.3 Å². The molecule has 1 saturated heterocycles. The molecular weight excluding hydrogens is 539 g/mol. The van der Waals surface area contributed by atoms with Crippen LogP contribution in [-0.2, 0) is 21.3 Å². The summed E-state index contributed by atoms with van der Waals surface area (Å²) in [5.41, 5.74) is 3.39. The average Bonchev–Trinajstić information content (AvgIpc) is 2.77. The summed E-state index contributed by atoms with van der Waals surface area (Å²) in [6.07, 6.45) is 0.00864. The van der Waals surface area contributed by atoms with Crippen LogP contribution in [0.25, 0.3) is 0 Å². The van der Waals surface area contributed by atoms with Crippen LogP contribution in [-0.4, -0.2) is 63.9 Å². The minimum Gasteiger partial charge on any atom is -0.370 e. The number of ether oxygens (including phenoxy) is 1. The minimum atomic E-state index is -3.42. The molecule has 2 aromatic rings. The van der Waals surface area contributed by atoms with Gasteiger partial charge in [-0.05, 0) is 42.7 Å². The van der Waals surface area contributed by atoms with Gasteiger partial charge < -0.3 is 15.0 Å². The topological polar surface area (TPSA) is 74.2 Å². The van der Waals surface area contributed by atoms with E-state index in [1.54, 1.807) is 12.1 Å². The van der Waals surface area contributed by atoms with Crippen molar-refractivity contribution in [3.63, 3.8) is 0 Å². The fourth-order valence-electron chi connectivity index (χ4n) is 3.55. The summed E-state index contributed by atoms with van der Waals surface area (Å²) in [4.78, 5) is 7.32. The highest BCUT2D eigenvalue weighted by Crippen LogP contribution is 2.25. The van der Waals surface area contributed by atoms with E-state index in [1.807, 2.05) is 24.3 Å². The summed E-state index contributed by atoms with van der Waals surface area (Å²) in [5.74, 6) is 0.842. The van der Waals surface area contributed by atoms with E-state index >= 15 is 0 Å². The largest absolute Gasteiger partial charge is 0.370 e. The predicted octanol–water partition coefficient (Wildman–Crippen LogP) is 3.40. The van der Waals surface area contributed by atoms with Gasteiger partial charge in [-0.1, -0.05) is 36.4 Å². The molecule has 0 radical (unpaired) electrons. The Morgan fingerprint density at radius 1 is 1.19 bits per heavy atom. The molecule has 1 heterocycles. The van der Waals surface area contributed by atoms with E-state index in [1.165, 1.54) is 29.5 Å². The molecule has 0 aromatic heterocycles. The van der Waals surface area contributed by atoms with Gasteiger partial charge in [-0.15, -0.1) is 24.0 Å². The zero-order valence-corrected chi connectivity index (χ0v) is 22.3. The van der Waals surface area contributed by atoms with Crippen LogP contribution in [0.15, 0.2) is 58.4 Å². The summed E-state index contributed by atoms with van der Waals surface area (Å²) >= 11 is 0. The first kappa shape index (κ1) is 26.6. The molecule has 2 aromatic carbocycles. The van der Waals surface area contributed by atoms with Gasteiger partial charge in [-0.2, -0.15) is 0 Å². The normalized spacial score (nSPS) is 17.2. The Hall–Kier alpha value is -1.69. The van der Waals surface area contributed by atoms with Crippen LogP contribution in [0.5, 0.6) is 0 Å². The van der Waals surface area contributed by atoms with Gasteiger partial charge >= 0.3 is 0 Å². The van der Waals surface area contributed by atoms with Crippen LogP contribution in [0.3, 0.4) is 0 Å². The van der Waals surface area contributed by atoms with Gasteiger partial charge in [-0.3, -0.25) is 0 Å². The Labute approximate surface area is 208 Å². The van der Waals surface area contributed by atoms with Crippen molar-refractivity contribution in [2.45, 2.75) is 31.4 Å². The third-order valence-corrected chi connectivity index (χ3v) is 7.18. The van der Waals surface area contributed by atoms with Gasteiger partial charge in [-0.25, -0.2) is 17.7 Å². The fraction of sp³-hybridized carbons (Fsp3) is 0.435. The Balaban J connectivity index is 0.00000363. The summed E-state index contributed by atoms with van der Waals surface area (Å²) in [7, 11) is -0.363. The van der Waals surface area contributed by atoms with Crippen molar-refractivity contribution in [2.24, 2.45) is 4.99 Å². The van der Waals surface area contributed by atoms with Gasteiger partial charge in [0.05, 0.1) is 24.6 Å². The van der Waals surface area contributed by atoms with Crippen molar-refractivity contribution in [3.8, 4) is 0 Å². The van der Waals surface area contributed by atoms with Crippen LogP contribution in [0, 0.1) is 6.92 Å². The van der Waals surface area contributed by atoms with Crippen LogP contribution in [0.1, 0.15) is 29.7 Å². The molecule has 0 aliphatic carbocycles. The SMILES string of the molecule is CCNC(=NCc1ccc(S(=O)(=O)N(C)C)cc1)N1CCOC(c2ccccc2C)C1.I. The Kier molecular flexibility index (Phi) is 9.93. The van der Waals surface area contributed by atoms with Crippen LogP contribution >= 0.6 is 24.0 Å². The van der Waals surface area contributed by atoms with Crippen molar-refractivity contribution in [1.82, 2.24) is 14.5 Å². The summed E-state index contributed by atoms with van der Waals surface area (Å²) < 4.78 is 31.7. The van der Waals surface area contributed by atoms with Gasteiger partial charge in [0, 0.05) is 27.2 Å². The first-order valence-electron chi connectivity index (χ1n) is 10.5. The number of halogens is 1. The molecule has 1 aliphatic rings. The molecule has 0 bridgehead atoms. The van der Waals surface area contributed by atoms with E-state index in [4.69, 9.17) is 9.73 Å². The van der Waals surface area contributed by atoms with Crippen molar-refractivity contribution >= 4 is 40.0 Å². The molecule has 32 heavy (non-hydrogen) atoms. The molecule has 1 unspecified atom stereocenters. The number of aliphatic imine (C=N–C) groups is 1. The minimum absolute atomic E-state index is 0. The zero-order valence-electron chi connectivity index (χ0n) is 19.1. The van der Waals surface area contributed by atoms with Crippen molar-refractivity contribution < 1.29 is 13.2 Å². The Morgan fingerprint density at radius 3 is 2.50 bits per heavy atom. The van der Waals surface area contributed by atoms with Crippen molar-refractivity contribution in [3.05, 3.63) is 65.2 Å². The lowest BCUT2D eigenvalue weighted by atomic mass is 10.0. The second-order valence-electron chi connectivity index (χ2n) is 7.76. The number of nitrogens with one attached hydrogen (secondary N) is 1. The number of benzene rings is 2. The summed E-state index contributed by atoms with van der Waals surface area (Å²) in [6.45, 7) is 7.54. The lowest BCUT2D eigenvalue weighted by Crippen LogP contribution is -2.48. The van der Waals surface area contributed by atoms with Gasteiger partial charge in [0.25, 0.3) is 0 Å². The Bertz CT molecular complexity index is 1010. The van der Waals surface area contributed by atoms with Crippen molar-refractivity contribution in [1.29, 1.82) is 0 Å². The lowest BCUT2D eigenvalue weighted by molar-refractivity contribution is -0.00834. The van der Waals surface area contributed by atoms with E-state index < -0.39 is 10.0 Å². The highest BCUT2D eigenvalue weighted by molar-refractivity contribution is 14.0. The van der Waals surface area contributed by atoms with E-state index in [0.717, 1.165) is 31.2 Å². The fourth-order valence-corrected chi connectivity index (χ4v) is 4.45. The van der Waals surface area contributed by atoms with Gasteiger partial charge in [0.1, 0.15) is 6.10 Å². The van der Waals surface area contributed by atoms with E-state index in [-0.39, 0.29) is 35.0 Å². The quantitative estimate of drug-likeness (QED) is 0.327. The number of sulfonamides is 1. The highest BCUT2D eigenvalue weighted by atomic mass is 127. The standard InChI is InChI=1S/C23H32N4O3S.HI/c1-5-24-23(25-16-19-10-12-20(13-11-19)31(28,29)26(3)4)27-14-15-30-22(17-27)21-9-7-6-8-18(21)2;/h6-13,22H,5,14-17H2,1-4H3,(H,24,25);1H. The molecule has 176 valence electrons. The second kappa shape index (κ2) is 12.0. The third-order valence-electron chi connectivity index (χ3n) is 5.35. The summed E-state index contributed by atoms with van der Waals surface area (Å²) in [5, 5.41) is 3.38. The van der Waals surface area contributed by atoms with Crippen LogP contribution < -0.4 is 5.32 Å². The number of rotatable bonds is 6. The monoisotopic (exact) mass is 572 g/mol. The average molecular weight is 573 g/mol. The molecule has 0 saturated carbocycles. The zero-order chi connectivity index (χ0) is 22.4. The maximum Gasteiger partial charge on any atom is 0.242 e. The van der Waals surface area contributed by atoms with Gasteiger partial charge in [0.2, 0.25) is 10.0 Å². The number of hydrogen-bond donors (Lipinski definition) is 1. The van der Waals surface area contributed by atoms with Crippen LogP contribution in [0.4, 0.5) is 0 Å². The third kappa shape index (κ3) is 6.43.